The molecular formula is C25H30N4O3. The molecule has 4 bridgehead atoms. The molecule has 1 aromatic heterocycles. The van der Waals surface area contributed by atoms with Crippen LogP contribution in [0.3, 0.4) is 0 Å². The summed E-state index contributed by atoms with van der Waals surface area (Å²) >= 11 is 0. The average Bonchev–Trinajstić information content (AvgIpc) is 3.03. The second-order valence-electron chi connectivity index (χ2n) is 11.6. The maximum absolute atomic E-state index is 13.0. The standard InChI is InChI=1S/C25H30N4O3/c1-23-10-16-11-24(2,13-23)15-25(12-16,14-23)26-8-5-9-28-20-19(27-29(28)32)21(30)17-6-3-4-7-18(17)22(20)31/h3-4,6-7,16,26H,5,8-15H2,1-2H3. The summed E-state index contributed by atoms with van der Waals surface area (Å²) in [7, 11) is 0. The number of hydrogen-bond acceptors (Lipinski definition) is 5. The fourth-order valence-electron chi connectivity index (χ4n) is 8.33. The SMILES string of the molecule is CC12CC3CC(C)(C1)CC(NCCCn1c4c(n[n+]1[O-])C(=O)c1ccccc1C4=O)(C3)C2. The van der Waals surface area contributed by atoms with Gasteiger partial charge < -0.3 is 10.5 Å². The smallest absolute Gasteiger partial charge is 0.220 e. The van der Waals surface area contributed by atoms with Crippen molar-refractivity contribution in [2.24, 2.45) is 16.7 Å². The van der Waals surface area contributed by atoms with Gasteiger partial charge in [-0.25, -0.2) is 0 Å². The van der Waals surface area contributed by atoms with E-state index in [2.05, 4.69) is 24.3 Å². The Hall–Kier alpha value is -2.54. The van der Waals surface area contributed by atoms with E-state index in [1.54, 1.807) is 24.3 Å². The van der Waals surface area contributed by atoms with Gasteiger partial charge in [0.1, 0.15) is 0 Å². The van der Waals surface area contributed by atoms with Gasteiger partial charge in [-0.3, -0.25) is 9.59 Å². The second kappa shape index (κ2) is 6.50. The zero-order chi connectivity index (χ0) is 22.3. The van der Waals surface area contributed by atoms with Crippen molar-refractivity contribution in [3.05, 3.63) is 52.0 Å². The molecule has 1 N–H and O–H groups in total. The number of nitrogens with one attached hydrogen (secondary N) is 1. The maximum atomic E-state index is 13.0. The lowest BCUT2D eigenvalue weighted by Gasteiger charge is -2.65. The van der Waals surface area contributed by atoms with E-state index in [1.807, 2.05) is 0 Å². The number of fused-ring (bicyclic) bond motifs is 2. The second-order valence-corrected chi connectivity index (χ2v) is 11.6. The zero-order valence-electron chi connectivity index (χ0n) is 18.8. The molecule has 7 nitrogen and oxygen atoms in total. The van der Waals surface area contributed by atoms with Gasteiger partial charge in [0.05, 0.1) is 6.54 Å². The van der Waals surface area contributed by atoms with Gasteiger partial charge in [0.15, 0.2) is 5.69 Å². The summed E-state index contributed by atoms with van der Waals surface area (Å²) in [6.45, 7) is 6.06. The Bertz CT molecular complexity index is 1130. The van der Waals surface area contributed by atoms with Crippen LogP contribution < -0.4 is 10.3 Å². The van der Waals surface area contributed by atoms with E-state index in [9.17, 15) is 14.8 Å². The number of carbonyl (C=O) groups is 2. The van der Waals surface area contributed by atoms with Gasteiger partial charge in [-0.05, 0) is 68.2 Å². The third kappa shape index (κ3) is 2.90. The number of ketones is 2. The van der Waals surface area contributed by atoms with Crippen LogP contribution in [0.5, 0.6) is 0 Å². The van der Waals surface area contributed by atoms with E-state index in [0.29, 0.717) is 39.9 Å². The van der Waals surface area contributed by atoms with Crippen LogP contribution in [0.25, 0.3) is 0 Å². The Balaban J connectivity index is 1.18. The third-order valence-electron chi connectivity index (χ3n) is 8.39. The van der Waals surface area contributed by atoms with Crippen molar-refractivity contribution in [2.75, 3.05) is 6.54 Å². The molecule has 5 aliphatic rings. The van der Waals surface area contributed by atoms with Crippen LogP contribution in [0.4, 0.5) is 0 Å². The fraction of sp³-hybridized carbons (Fsp3) is 0.600. The first-order chi connectivity index (χ1) is 15.2. The molecule has 0 radical (unpaired) electrons. The third-order valence-corrected chi connectivity index (χ3v) is 8.39. The van der Waals surface area contributed by atoms with Crippen molar-refractivity contribution < 1.29 is 14.5 Å². The van der Waals surface area contributed by atoms with Crippen molar-refractivity contribution in [1.29, 1.82) is 0 Å². The van der Waals surface area contributed by atoms with Gasteiger partial charge in [0.25, 0.3) is 0 Å². The highest BCUT2D eigenvalue weighted by atomic mass is 16.5. The first-order valence-electron chi connectivity index (χ1n) is 11.8. The minimum atomic E-state index is -0.355. The molecule has 0 saturated heterocycles. The molecule has 4 fully saturated rings. The molecule has 168 valence electrons. The Morgan fingerprint density at radius 2 is 1.72 bits per heavy atom. The van der Waals surface area contributed by atoms with Gasteiger partial charge in [-0.1, -0.05) is 38.1 Å². The number of aromatic nitrogens is 3. The molecule has 32 heavy (non-hydrogen) atoms. The Kier molecular flexibility index (Phi) is 4.08. The summed E-state index contributed by atoms with van der Waals surface area (Å²) < 4.78 is 1.33. The van der Waals surface area contributed by atoms with Crippen LogP contribution in [0, 0.1) is 22.0 Å². The van der Waals surface area contributed by atoms with Crippen LogP contribution in [-0.2, 0) is 6.54 Å². The van der Waals surface area contributed by atoms with E-state index >= 15 is 0 Å². The normalized spacial score (nSPS) is 34.6. The van der Waals surface area contributed by atoms with Crippen LogP contribution in [0.1, 0.15) is 90.9 Å². The number of hydrogen-bond donors (Lipinski definition) is 1. The van der Waals surface area contributed by atoms with E-state index in [-0.39, 0.29) is 28.5 Å². The van der Waals surface area contributed by atoms with Crippen molar-refractivity contribution in [2.45, 2.75) is 70.9 Å². The molecule has 0 amide bonds. The minimum absolute atomic E-state index is 0.0291. The highest BCUT2D eigenvalue weighted by molar-refractivity contribution is 6.26. The van der Waals surface area contributed by atoms with E-state index < -0.39 is 0 Å². The lowest BCUT2D eigenvalue weighted by molar-refractivity contribution is -0.749. The number of nitrogens with zero attached hydrogens (tertiary/aromatic N) is 3. The van der Waals surface area contributed by atoms with E-state index in [0.717, 1.165) is 12.5 Å². The van der Waals surface area contributed by atoms with Crippen molar-refractivity contribution >= 4 is 11.6 Å². The summed E-state index contributed by atoms with van der Waals surface area (Å²) in [6.07, 6.45) is 8.49. The molecule has 2 aromatic rings. The predicted molar refractivity (Wildman–Crippen MR) is 117 cm³/mol. The van der Waals surface area contributed by atoms with Crippen molar-refractivity contribution in [3.8, 4) is 0 Å². The maximum Gasteiger partial charge on any atom is 0.220 e. The molecule has 7 rings (SSSR count). The van der Waals surface area contributed by atoms with Gasteiger partial charge in [0, 0.05) is 26.7 Å². The summed E-state index contributed by atoms with van der Waals surface area (Å²) in [4.78, 5) is 26.2. The molecular weight excluding hydrogens is 404 g/mol. The summed E-state index contributed by atoms with van der Waals surface area (Å²) in [5.41, 5.74) is 1.86. The Morgan fingerprint density at radius 3 is 2.38 bits per heavy atom. The van der Waals surface area contributed by atoms with Crippen LogP contribution in [-0.4, -0.2) is 33.4 Å². The molecule has 0 spiro atoms. The Labute approximate surface area is 187 Å². The summed E-state index contributed by atoms with van der Waals surface area (Å²) in [6, 6.07) is 6.70. The Morgan fingerprint density at radius 1 is 1.06 bits per heavy atom. The fourth-order valence-corrected chi connectivity index (χ4v) is 8.33. The predicted octanol–water partition coefficient (Wildman–Crippen LogP) is 3.02. The van der Waals surface area contributed by atoms with E-state index in [4.69, 9.17) is 0 Å². The molecule has 2 unspecified atom stereocenters. The first kappa shape index (κ1) is 20.1. The number of benzene rings is 1. The van der Waals surface area contributed by atoms with Crippen LogP contribution in [0.2, 0.25) is 0 Å². The minimum Gasteiger partial charge on any atom is -0.571 e. The van der Waals surface area contributed by atoms with E-state index in [1.165, 1.54) is 43.2 Å². The van der Waals surface area contributed by atoms with Crippen LogP contribution >= 0.6 is 0 Å². The topological polar surface area (TPSA) is 90.9 Å². The molecule has 7 heteroatoms. The zero-order valence-corrected chi connectivity index (χ0v) is 18.8. The van der Waals surface area contributed by atoms with Crippen molar-refractivity contribution in [1.82, 2.24) is 15.1 Å². The van der Waals surface area contributed by atoms with Crippen molar-refractivity contribution in [3.63, 3.8) is 0 Å². The summed E-state index contributed by atoms with van der Waals surface area (Å²) in [5, 5.41) is 20.2. The quantitative estimate of drug-likeness (QED) is 0.379. The lowest BCUT2D eigenvalue weighted by atomic mass is 9.43. The number of carbonyl (C=O) groups excluding carboxylic acids is 2. The molecule has 2 atom stereocenters. The monoisotopic (exact) mass is 434 g/mol. The highest BCUT2D eigenvalue weighted by Gasteiger charge is 2.59. The molecule has 0 aliphatic heterocycles. The highest BCUT2D eigenvalue weighted by Crippen LogP contribution is 2.66. The first-order valence-corrected chi connectivity index (χ1v) is 11.8. The van der Waals surface area contributed by atoms with Gasteiger partial charge in [-0.15, -0.1) is 4.68 Å². The lowest BCUT2D eigenvalue weighted by Crippen LogP contribution is -2.64. The van der Waals surface area contributed by atoms with Gasteiger partial charge in [-0.2, -0.15) is 0 Å². The average molecular weight is 435 g/mol. The van der Waals surface area contributed by atoms with Crippen LogP contribution in [0.15, 0.2) is 24.3 Å². The molecule has 1 heterocycles. The molecule has 4 saturated carbocycles. The largest absolute Gasteiger partial charge is 0.571 e. The number of rotatable bonds is 5. The summed E-state index contributed by atoms with van der Waals surface area (Å²) in [5.74, 6) is 0.167. The van der Waals surface area contributed by atoms with Gasteiger partial charge >= 0.3 is 0 Å². The van der Waals surface area contributed by atoms with Gasteiger partial charge in [0.2, 0.25) is 17.3 Å². The molecule has 5 aliphatic carbocycles. The molecule has 1 aromatic carbocycles.